The summed E-state index contributed by atoms with van der Waals surface area (Å²) in [6.07, 6.45) is 1.73. The highest BCUT2D eigenvalue weighted by Gasteiger charge is 2.33. The lowest BCUT2D eigenvalue weighted by Gasteiger charge is -2.27. The Morgan fingerprint density at radius 1 is 0.884 bits per heavy atom. The Labute approximate surface area is 248 Å². The lowest BCUT2D eigenvalue weighted by Crippen LogP contribution is -2.59. The van der Waals surface area contributed by atoms with Gasteiger partial charge in [-0.15, -0.1) is 0 Å². The van der Waals surface area contributed by atoms with Crippen LogP contribution in [0.3, 0.4) is 0 Å². The molecule has 0 spiro atoms. The van der Waals surface area contributed by atoms with Crippen molar-refractivity contribution in [1.82, 2.24) is 20.9 Å². The van der Waals surface area contributed by atoms with Crippen molar-refractivity contribution in [2.24, 2.45) is 17.4 Å². The Morgan fingerprint density at radius 2 is 1.53 bits per heavy atom. The van der Waals surface area contributed by atoms with Crippen molar-refractivity contribution in [2.45, 2.75) is 63.7 Å². The van der Waals surface area contributed by atoms with Crippen LogP contribution in [0.25, 0.3) is 10.9 Å². The molecular formula is C30H38N6O7. The fraction of sp³-hybridized carbons (Fsp3) is 0.367. The molecule has 5 atom stereocenters. The number of nitrogens with one attached hydrogen (secondary N) is 4. The second kappa shape index (κ2) is 14.8. The average molecular weight is 595 g/mol. The van der Waals surface area contributed by atoms with E-state index in [0.717, 1.165) is 16.5 Å². The van der Waals surface area contributed by atoms with E-state index < -0.39 is 60.2 Å². The van der Waals surface area contributed by atoms with Gasteiger partial charge in [0.15, 0.2) is 0 Å². The van der Waals surface area contributed by atoms with E-state index in [1.807, 2.05) is 31.2 Å². The molecule has 43 heavy (non-hydrogen) atoms. The highest BCUT2D eigenvalue weighted by molar-refractivity contribution is 5.96. The molecule has 2 aromatic carbocycles. The number of carbonyl (C=O) groups excluding carboxylic acids is 4. The number of phenols is 1. The Morgan fingerprint density at radius 3 is 2.16 bits per heavy atom. The Kier molecular flexibility index (Phi) is 11.2. The predicted molar refractivity (Wildman–Crippen MR) is 158 cm³/mol. The van der Waals surface area contributed by atoms with Crippen molar-refractivity contribution in [3.8, 4) is 5.75 Å². The number of aromatic hydroxyl groups is 1. The first-order valence-corrected chi connectivity index (χ1v) is 13.9. The average Bonchev–Trinajstić information content (AvgIpc) is 3.37. The number of aromatic amines is 1. The molecule has 0 bridgehead atoms. The fourth-order valence-corrected chi connectivity index (χ4v) is 4.60. The second-order valence-corrected chi connectivity index (χ2v) is 10.5. The van der Waals surface area contributed by atoms with Crippen molar-refractivity contribution in [1.29, 1.82) is 0 Å². The first kappa shape index (κ1) is 32.6. The van der Waals surface area contributed by atoms with Crippen molar-refractivity contribution in [3.05, 3.63) is 65.9 Å². The number of fused-ring (bicyclic) bond motifs is 1. The Balaban J connectivity index is 1.71. The molecule has 0 saturated carbocycles. The van der Waals surface area contributed by atoms with E-state index in [4.69, 9.17) is 11.5 Å². The highest BCUT2D eigenvalue weighted by Crippen LogP contribution is 2.19. The van der Waals surface area contributed by atoms with E-state index in [9.17, 15) is 34.2 Å². The van der Waals surface area contributed by atoms with Gasteiger partial charge < -0.3 is 42.6 Å². The lowest BCUT2D eigenvalue weighted by atomic mass is 9.96. The number of benzene rings is 2. The van der Waals surface area contributed by atoms with Gasteiger partial charge in [0, 0.05) is 23.5 Å². The minimum Gasteiger partial charge on any atom is -0.508 e. The van der Waals surface area contributed by atoms with Gasteiger partial charge >= 0.3 is 5.97 Å². The fourth-order valence-electron chi connectivity index (χ4n) is 4.60. The van der Waals surface area contributed by atoms with Crippen molar-refractivity contribution >= 4 is 40.5 Å². The summed E-state index contributed by atoms with van der Waals surface area (Å²) in [5.41, 5.74) is 13.8. The number of rotatable bonds is 15. The zero-order valence-electron chi connectivity index (χ0n) is 24.0. The number of H-pyrrole nitrogens is 1. The third-order valence-corrected chi connectivity index (χ3v) is 7.27. The zero-order chi connectivity index (χ0) is 31.7. The van der Waals surface area contributed by atoms with Crippen LogP contribution >= 0.6 is 0 Å². The molecule has 3 rings (SSSR count). The minimum absolute atomic E-state index is 0.00855. The molecule has 0 saturated heterocycles. The first-order chi connectivity index (χ1) is 20.4. The number of aromatic nitrogens is 1. The first-order valence-electron chi connectivity index (χ1n) is 13.9. The van der Waals surface area contributed by atoms with Gasteiger partial charge in [0.25, 0.3) is 0 Å². The van der Waals surface area contributed by atoms with Crippen LogP contribution in [0, 0.1) is 5.92 Å². The van der Waals surface area contributed by atoms with E-state index in [1.165, 1.54) is 24.3 Å². The van der Waals surface area contributed by atoms with Crippen LogP contribution < -0.4 is 27.4 Å². The van der Waals surface area contributed by atoms with Crippen LogP contribution in [-0.4, -0.2) is 69.0 Å². The summed E-state index contributed by atoms with van der Waals surface area (Å²) in [4.78, 5) is 66.4. The molecule has 1 heterocycles. The van der Waals surface area contributed by atoms with E-state index >= 15 is 0 Å². The molecule has 13 heteroatoms. The van der Waals surface area contributed by atoms with E-state index in [0.29, 0.717) is 12.0 Å². The number of amides is 4. The number of carbonyl (C=O) groups is 5. The van der Waals surface area contributed by atoms with E-state index in [1.54, 1.807) is 13.1 Å². The number of nitrogens with two attached hydrogens (primary N) is 2. The number of phenolic OH excluding ortho intramolecular Hbond substituents is 1. The number of para-hydroxylation sites is 1. The minimum atomic E-state index is -1.50. The van der Waals surface area contributed by atoms with E-state index in [-0.39, 0.29) is 24.5 Å². The number of aliphatic carboxylic acids is 1. The van der Waals surface area contributed by atoms with Crippen molar-refractivity contribution in [3.63, 3.8) is 0 Å². The van der Waals surface area contributed by atoms with Gasteiger partial charge in [0.1, 0.15) is 23.9 Å². The molecule has 10 N–H and O–H groups in total. The van der Waals surface area contributed by atoms with Gasteiger partial charge in [0.2, 0.25) is 23.6 Å². The standard InChI is InChI=1S/C30H38N6O7/c1-3-16(2)26(36-27(39)21(31)13-18-15-33-22-7-5-4-6-20(18)22)29(41)34-23(14-25(32)38)28(40)35-24(30(42)43)12-17-8-10-19(37)11-9-17/h4-11,15-16,21,23-24,26,33,37H,3,12-14,31H2,1-2H3,(H2,32,38)(H,34,41)(H,35,40)(H,36,39)(H,42,43). The zero-order valence-corrected chi connectivity index (χ0v) is 24.0. The van der Waals surface area contributed by atoms with Crippen molar-refractivity contribution < 1.29 is 34.2 Å². The topological polar surface area (TPSA) is 230 Å². The largest absolute Gasteiger partial charge is 0.508 e. The third-order valence-electron chi connectivity index (χ3n) is 7.27. The van der Waals surface area contributed by atoms with Gasteiger partial charge in [-0.25, -0.2) is 4.79 Å². The maximum absolute atomic E-state index is 13.4. The summed E-state index contributed by atoms with van der Waals surface area (Å²) in [5.74, 6) is -4.93. The molecular weight excluding hydrogens is 556 g/mol. The molecule has 3 aromatic rings. The lowest BCUT2D eigenvalue weighted by molar-refractivity contribution is -0.142. The molecule has 4 amide bonds. The van der Waals surface area contributed by atoms with Gasteiger partial charge in [-0.3, -0.25) is 19.2 Å². The SMILES string of the molecule is CCC(C)C(NC(=O)C(N)Cc1c[nH]c2ccccc12)C(=O)NC(CC(N)=O)C(=O)NC(Cc1ccc(O)cc1)C(=O)O. The highest BCUT2D eigenvalue weighted by atomic mass is 16.4. The molecule has 0 aliphatic rings. The summed E-state index contributed by atoms with van der Waals surface area (Å²) < 4.78 is 0. The predicted octanol–water partition coefficient (Wildman–Crippen LogP) is 0.447. The number of hydrogen-bond donors (Lipinski definition) is 8. The van der Waals surface area contributed by atoms with Gasteiger partial charge in [0.05, 0.1) is 12.5 Å². The molecule has 0 fully saturated rings. The molecule has 230 valence electrons. The molecule has 0 aliphatic heterocycles. The quantitative estimate of drug-likeness (QED) is 0.123. The summed E-state index contributed by atoms with van der Waals surface area (Å²) >= 11 is 0. The number of carboxylic acids is 1. The summed E-state index contributed by atoms with van der Waals surface area (Å²) in [7, 11) is 0. The summed E-state index contributed by atoms with van der Waals surface area (Å²) in [6, 6.07) is 8.32. The maximum atomic E-state index is 13.4. The molecule has 0 radical (unpaired) electrons. The normalized spacial score (nSPS) is 14.6. The summed E-state index contributed by atoms with van der Waals surface area (Å²) in [5, 5.41) is 27.5. The van der Waals surface area contributed by atoms with Crippen LogP contribution in [0.4, 0.5) is 0 Å². The van der Waals surface area contributed by atoms with Crippen LogP contribution in [0.5, 0.6) is 5.75 Å². The van der Waals surface area contributed by atoms with Crippen LogP contribution in [-0.2, 0) is 36.8 Å². The molecule has 1 aromatic heterocycles. The van der Waals surface area contributed by atoms with Crippen LogP contribution in [0.15, 0.2) is 54.7 Å². The van der Waals surface area contributed by atoms with Crippen LogP contribution in [0.1, 0.15) is 37.8 Å². The van der Waals surface area contributed by atoms with Gasteiger partial charge in [-0.1, -0.05) is 50.6 Å². The number of carboxylic acid groups (broad SMARTS) is 1. The van der Waals surface area contributed by atoms with Gasteiger partial charge in [-0.2, -0.15) is 0 Å². The smallest absolute Gasteiger partial charge is 0.326 e. The number of primary amides is 1. The Bertz CT molecular complexity index is 1450. The van der Waals surface area contributed by atoms with Gasteiger partial charge in [-0.05, 0) is 41.7 Å². The molecule has 0 aliphatic carbocycles. The monoisotopic (exact) mass is 594 g/mol. The molecule has 13 nitrogen and oxygen atoms in total. The number of hydrogen-bond acceptors (Lipinski definition) is 7. The van der Waals surface area contributed by atoms with Crippen LogP contribution in [0.2, 0.25) is 0 Å². The van der Waals surface area contributed by atoms with Crippen molar-refractivity contribution in [2.75, 3.05) is 0 Å². The maximum Gasteiger partial charge on any atom is 0.326 e. The second-order valence-electron chi connectivity index (χ2n) is 10.5. The summed E-state index contributed by atoms with van der Waals surface area (Å²) in [6.45, 7) is 3.55. The molecule has 5 unspecified atom stereocenters. The van der Waals surface area contributed by atoms with E-state index in [2.05, 4.69) is 20.9 Å². The third kappa shape index (κ3) is 9.04. The Hall–Kier alpha value is -4.91.